The van der Waals surface area contributed by atoms with E-state index in [1.54, 1.807) is 6.08 Å². The molecule has 0 spiro atoms. The van der Waals surface area contributed by atoms with Gasteiger partial charge in [0.2, 0.25) is 5.91 Å². The van der Waals surface area contributed by atoms with Crippen LogP contribution in [-0.4, -0.2) is 140 Å². The predicted molar refractivity (Wildman–Crippen MR) is 368 cm³/mol. The van der Waals surface area contributed by atoms with Crippen LogP contribution in [0.25, 0.3) is 0 Å². The van der Waals surface area contributed by atoms with E-state index in [0.29, 0.717) is 12.8 Å². The van der Waals surface area contributed by atoms with Crippen molar-refractivity contribution in [1.82, 2.24) is 5.32 Å². The number of carbonyl (C=O) groups excluding carboxylic acids is 1. The molecule has 2 aliphatic heterocycles. The molecule has 2 aliphatic rings. The average Bonchev–Trinajstić information content (AvgIpc) is 1.26. The molecule has 0 aliphatic carbocycles. The summed E-state index contributed by atoms with van der Waals surface area (Å²) in [4.78, 5) is 13.3. The van der Waals surface area contributed by atoms with Gasteiger partial charge in [0.1, 0.15) is 48.8 Å². The van der Waals surface area contributed by atoms with Gasteiger partial charge in [0.05, 0.1) is 32.0 Å². The molecule has 14 heteroatoms. The van der Waals surface area contributed by atoms with Gasteiger partial charge in [-0.1, -0.05) is 270 Å². The molecular weight excluding hydrogens is 1130 g/mol. The number of rotatable bonds is 57. The third kappa shape index (κ3) is 42.6. The number of carbonyl (C=O) groups is 1. The van der Waals surface area contributed by atoms with Crippen LogP contribution in [0.4, 0.5) is 0 Å². The number of nitrogens with one attached hydrogen (secondary N) is 1. The van der Waals surface area contributed by atoms with Crippen molar-refractivity contribution in [2.75, 3.05) is 19.8 Å². The van der Waals surface area contributed by atoms with Crippen LogP contribution in [-0.2, 0) is 23.7 Å². The number of amides is 1. The molecule has 14 nitrogen and oxygen atoms in total. The standard InChI is InChI=1S/C76H129NO13/c1-3-5-7-9-11-13-15-17-19-21-23-25-27-29-31-32-34-36-38-40-42-44-46-48-50-52-54-56-58-60-68(81)77-64(63-87-75-73(86)71(84)74(67(62-79)89-75)90-76-72(85)70(83)69(82)66(61-78)88-76)65(80)59-57-55-53-51-49-47-45-43-41-39-37-35-33-30-28-26-24-22-20-18-16-14-12-10-8-6-4-2/h5,7,11,13,17,19,23,25,29,31,34,36,40-43,49,51,57,59,64-67,69-76,78-80,82-86H,3-4,6,8-10,12,14-16,18,20-22,24,26-28,30,32-33,35,37-39,44-48,50,52-56,58,60-63H2,1-2H3,(H,77,81)/b7-5-,13-11-,19-17-,25-23-,31-29-,36-34-,42-40-,43-41+,51-49+,59-57+. The molecule has 12 unspecified atom stereocenters. The van der Waals surface area contributed by atoms with E-state index in [4.69, 9.17) is 18.9 Å². The van der Waals surface area contributed by atoms with Crippen molar-refractivity contribution in [3.63, 3.8) is 0 Å². The Bertz CT molecular complexity index is 1980. The van der Waals surface area contributed by atoms with Gasteiger partial charge in [-0.15, -0.1) is 0 Å². The molecule has 90 heavy (non-hydrogen) atoms. The highest BCUT2D eigenvalue weighted by Crippen LogP contribution is 2.30. The van der Waals surface area contributed by atoms with Crippen LogP contribution in [0.15, 0.2) is 122 Å². The summed E-state index contributed by atoms with van der Waals surface area (Å²) in [6, 6.07) is -0.955. The maximum atomic E-state index is 13.3. The molecule has 2 saturated heterocycles. The summed E-state index contributed by atoms with van der Waals surface area (Å²) >= 11 is 0. The lowest BCUT2D eigenvalue weighted by Gasteiger charge is -2.46. The molecule has 0 aromatic carbocycles. The minimum absolute atomic E-state index is 0.249. The van der Waals surface area contributed by atoms with E-state index in [1.807, 2.05) is 6.08 Å². The normalized spacial score (nSPS) is 23.7. The van der Waals surface area contributed by atoms with E-state index >= 15 is 0 Å². The first-order valence-corrected chi connectivity index (χ1v) is 35.8. The first-order valence-electron chi connectivity index (χ1n) is 35.8. The van der Waals surface area contributed by atoms with Crippen LogP contribution in [0.1, 0.15) is 258 Å². The Morgan fingerprint density at radius 1 is 0.411 bits per heavy atom. The zero-order chi connectivity index (χ0) is 65.2. The van der Waals surface area contributed by atoms with Crippen LogP contribution < -0.4 is 5.32 Å². The molecule has 0 aromatic rings. The molecule has 516 valence electrons. The number of ether oxygens (including phenoxy) is 4. The second kappa shape index (κ2) is 59.2. The largest absolute Gasteiger partial charge is 0.394 e. The number of hydrogen-bond donors (Lipinski definition) is 9. The molecule has 0 bridgehead atoms. The molecule has 12 atom stereocenters. The highest BCUT2D eigenvalue weighted by molar-refractivity contribution is 5.76. The Morgan fingerprint density at radius 2 is 0.778 bits per heavy atom. The van der Waals surface area contributed by atoms with Crippen LogP contribution in [0.5, 0.6) is 0 Å². The van der Waals surface area contributed by atoms with Crippen molar-refractivity contribution < 1.29 is 64.6 Å². The van der Waals surface area contributed by atoms with Gasteiger partial charge in [0.15, 0.2) is 12.6 Å². The molecule has 2 heterocycles. The molecule has 0 aromatic heterocycles. The topological polar surface area (TPSA) is 228 Å². The van der Waals surface area contributed by atoms with E-state index in [-0.39, 0.29) is 18.9 Å². The van der Waals surface area contributed by atoms with Crippen LogP contribution >= 0.6 is 0 Å². The Labute approximate surface area is 546 Å². The molecule has 2 rings (SSSR count). The van der Waals surface area contributed by atoms with Gasteiger partial charge in [-0.3, -0.25) is 4.79 Å². The molecule has 0 saturated carbocycles. The van der Waals surface area contributed by atoms with Gasteiger partial charge in [-0.2, -0.15) is 0 Å². The molecular formula is C76H129NO13. The minimum atomic E-state index is -1.80. The van der Waals surface area contributed by atoms with Crippen LogP contribution in [0.2, 0.25) is 0 Å². The summed E-state index contributed by atoms with van der Waals surface area (Å²) in [7, 11) is 0. The lowest BCUT2D eigenvalue weighted by Crippen LogP contribution is -2.65. The highest BCUT2D eigenvalue weighted by atomic mass is 16.7. The fourth-order valence-corrected chi connectivity index (χ4v) is 11.0. The fourth-order valence-electron chi connectivity index (χ4n) is 11.0. The predicted octanol–water partition coefficient (Wildman–Crippen LogP) is 14.9. The van der Waals surface area contributed by atoms with E-state index < -0.39 is 86.8 Å². The minimum Gasteiger partial charge on any atom is -0.394 e. The van der Waals surface area contributed by atoms with Crippen LogP contribution in [0, 0.1) is 0 Å². The summed E-state index contributed by atoms with van der Waals surface area (Å²) < 4.78 is 22.8. The SMILES string of the molecule is CC/C=C\C/C=C\C/C=C\C/C=C\C/C=C\C/C=C\C/C=C\CCCCCCCCCC(=O)NC(COC1OC(CO)C(OC2OC(CO)C(O)C(O)C2O)C(O)C1O)C(O)/C=C/CC/C=C/CC/C=C/CCCCCCCCCCCCCCCCCCC. The number of unbranched alkanes of at least 4 members (excludes halogenated alkanes) is 26. The number of aliphatic hydroxyl groups is 8. The monoisotopic (exact) mass is 1260 g/mol. The summed E-state index contributed by atoms with van der Waals surface area (Å²) in [5, 5.41) is 87.4. The lowest BCUT2D eigenvalue weighted by atomic mass is 9.97. The molecule has 9 N–H and O–H groups in total. The summed E-state index contributed by atoms with van der Waals surface area (Å²) in [5.74, 6) is -0.268. The zero-order valence-corrected chi connectivity index (χ0v) is 56.1. The van der Waals surface area contributed by atoms with Gasteiger partial charge in [0, 0.05) is 6.42 Å². The van der Waals surface area contributed by atoms with Gasteiger partial charge in [0.25, 0.3) is 0 Å². The first kappa shape index (κ1) is 82.5. The van der Waals surface area contributed by atoms with Gasteiger partial charge in [-0.25, -0.2) is 0 Å². The number of allylic oxidation sites excluding steroid dienone is 19. The summed E-state index contributed by atoms with van der Waals surface area (Å²) in [6.45, 7) is 2.66. The maximum absolute atomic E-state index is 13.3. The van der Waals surface area contributed by atoms with Gasteiger partial charge in [-0.05, 0) is 103 Å². The summed E-state index contributed by atoms with van der Waals surface area (Å²) in [6.07, 6.45) is 69.6. The Morgan fingerprint density at radius 3 is 1.22 bits per heavy atom. The van der Waals surface area contributed by atoms with Crippen molar-refractivity contribution in [3.05, 3.63) is 122 Å². The Hall–Kier alpha value is -3.61. The van der Waals surface area contributed by atoms with E-state index in [2.05, 4.69) is 129 Å². The third-order valence-electron chi connectivity index (χ3n) is 16.6. The van der Waals surface area contributed by atoms with Crippen molar-refractivity contribution in [2.45, 2.75) is 331 Å². The van der Waals surface area contributed by atoms with Crippen molar-refractivity contribution >= 4 is 5.91 Å². The smallest absolute Gasteiger partial charge is 0.220 e. The van der Waals surface area contributed by atoms with E-state index in [0.717, 1.165) is 116 Å². The van der Waals surface area contributed by atoms with Crippen molar-refractivity contribution in [3.8, 4) is 0 Å². The first-order chi connectivity index (χ1) is 44.1. The quantitative estimate of drug-likeness (QED) is 0.0204. The Balaban J connectivity index is 1.72. The summed E-state index contributed by atoms with van der Waals surface area (Å²) in [5.41, 5.74) is 0. The molecule has 2 fully saturated rings. The van der Waals surface area contributed by atoms with Crippen molar-refractivity contribution in [2.24, 2.45) is 0 Å². The lowest BCUT2D eigenvalue weighted by molar-refractivity contribution is -0.359. The number of aliphatic hydroxyl groups excluding tert-OH is 8. The Kier molecular flexibility index (Phi) is 54.2. The molecule has 0 radical (unpaired) electrons. The zero-order valence-electron chi connectivity index (χ0n) is 56.1. The van der Waals surface area contributed by atoms with Gasteiger partial charge < -0.3 is 65.1 Å². The van der Waals surface area contributed by atoms with Crippen LogP contribution in [0.3, 0.4) is 0 Å². The third-order valence-corrected chi connectivity index (χ3v) is 16.6. The highest BCUT2D eigenvalue weighted by Gasteiger charge is 2.51. The molecule has 1 amide bonds. The second-order valence-electron chi connectivity index (χ2n) is 24.6. The fraction of sp³-hybridized carbons (Fsp3) is 0.724. The van der Waals surface area contributed by atoms with Gasteiger partial charge >= 0.3 is 0 Å². The van der Waals surface area contributed by atoms with E-state index in [1.165, 1.54) is 109 Å². The number of hydrogen-bond acceptors (Lipinski definition) is 13. The second-order valence-corrected chi connectivity index (χ2v) is 24.6. The van der Waals surface area contributed by atoms with Crippen molar-refractivity contribution in [1.29, 1.82) is 0 Å². The maximum Gasteiger partial charge on any atom is 0.220 e. The average molecular weight is 1260 g/mol. The van der Waals surface area contributed by atoms with E-state index in [9.17, 15) is 45.6 Å².